The summed E-state index contributed by atoms with van der Waals surface area (Å²) < 4.78 is 5.41. The summed E-state index contributed by atoms with van der Waals surface area (Å²) in [7, 11) is 1.70. The molecule has 2 heterocycles. The van der Waals surface area contributed by atoms with Gasteiger partial charge in [0, 0.05) is 44.9 Å². The third-order valence-corrected chi connectivity index (χ3v) is 5.67. The van der Waals surface area contributed by atoms with E-state index in [0.717, 1.165) is 63.7 Å². The zero-order chi connectivity index (χ0) is 17.7. The molecule has 0 atom stereocenters. The van der Waals surface area contributed by atoms with Gasteiger partial charge in [-0.15, -0.1) is 24.8 Å². The maximum absolute atomic E-state index is 13.2. The highest BCUT2D eigenvalue weighted by atomic mass is 35.5. The molecule has 2 aliphatic heterocycles. The number of halogens is 3. The molecule has 0 aliphatic carbocycles. The molecule has 1 aromatic rings. The highest BCUT2D eigenvalue weighted by Crippen LogP contribution is 2.32. The van der Waals surface area contributed by atoms with Crippen molar-refractivity contribution in [2.24, 2.45) is 5.41 Å². The number of carbonyl (C=O) groups excluding carboxylic acids is 1. The Hall–Kier alpha value is -0.560. The highest BCUT2D eigenvalue weighted by Gasteiger charge is 2.42. The fourth-order valence-corrected chi connectivity index (χ4v) is 4.02. The topological polar surface area (TPSA) is 44.8 Å². The second kappa shape index (κ2) is 11.4. The van der Waals surface area contributed by atoms with E-state index in [1.54, 1.807) is 7.11 Å². The van der Waals surface area contributed by atoms with Crippen molar-refractivity contribution < 1.29 is 9.53 Å². The number of nitrogens with one attached hydrogen (secondary N) is 1. The Morgan fingerprint density at radius 1 is 1.11 bits per heavy atom. The van der Waals surface area contributed by atoms with Gasteiger partial charge in [0.25, 0.3) is 0 Å². The van der Waals surface area contributed by atoms with Gasteiger partial charge in [0.05, 0.1) is 12.0 Å². The Morgan fingerprint density at radius 3 is 2.26 bits per heavy atom. The van der Waals surface area contributed by atoms with E-state index in [0.29, 0.717) is 6.61 Å². The number of methoxy groups -OCH3 is 1. The van der Waals surface area contributed by atoms with E-state index in [2.05, 4.69) is 22.3 Å². The van der Waals surface area contributed by atoms with Gasteiger partial charge in [-0.2, -0.15) is 0 Å². The SMILES string of the molecule is COCC1(C(=O)N2CCN(Cc3ccc(Cl)cc3)CC2)CCNCC1.Cl.Cl. The summed E-state index contributed by atoms with van der Waals surface area (Å²) in [6.45, 7) is 6.64. The van der Waals surface area contributed by atoms with Gasteiger partial charge in [-0.1, -0.05) is 23.7 Å². The molecule has 3 rings (SSSR count). The quantitative estimate of drug-likeness (QED) is 0.768. The molecule has 27 heavy (non-hydrogen) atoms. The van der Waals surface area contributed by atoms with E-state index in [1.165, 1.54) is 5.56 Å². The van der Waals surface area contributed by atoms with Crippen LogP contribution in [0.1, 0.15) is 18.4 Å². The number of piperazine rings is 1. The Balaban J connectivity index is 0.00000182. The molecule has 154 valence electrons. The molecule has 2 fully saturated rings. The van der Waals surface area contributed by atoms with Gasteiger partial charge < -0.3 is 15.0 Å². The fourth-order valence-electron chi connectivity index (χ4n) is 3.89. The van der Waals surface area contributed by atoms with Crippen LogP contribution in [0.2, 0.25) is 5.02 Å². The molecule has 0 spiro atoms. The van der Waals surface area contributed by atoms with Gasteiger partial charge in [0.2, 0.25) is 5.91 Å². The van der Waals surface area contributed by atoms with Crippen molar-refractivity contribution in [1.29, 1.82) is 0 Å². The predicted molar refractivity (Wildman–Crippen MR) is 114 cm³/mol. The first-order chi connectivity index (χ1) is 12.1. The Morgan fingerprint density at radius 2 is 1.70 bits per heavy atom. The minimum atomic E-state index is -0.335. The molecule has 1 N–H and O–H groups in total. The number of hydrogen-bond donors (Lipinski definition) is 1. The number of rotatable bonds is 5. The van der Waals surface area contributed by atoms with Crippen LogP contribution in [0.25, 0.3) is 0 Å². The average molecular weight is 439 g/mol. The number of nitrogens with zero attached hydrogens (tertiary/aromatic N) is 2. The van der Waals surface area contributed by atoms with Gasteiger partial charge in [-0.25, -0.2) is 0 Å². The van der Waals surface area contributed by atoms with Crippen molar-refractivity contribution in [2.75, 3.05) is 53.0 Å². The van der Waals surface area contributed by atoms with Crippen LogP contribution in [0.5, 0.6) is 0 Å². The van der Waals surface area contributed by atoms with Gasteiger partial charge >= 0.3 is 0 Å². The molecule has 5 nitrogen and oxygen atoms in total. The predicted octanol–water partition coefficient (Wildman–Crippen LogP) is 2.84. The number of benzene rings is 1. The minimum absolute atomic E-state index is 0. The van der Waals surface area contributed by atoms with Crippen LogP contribution in [-0.4, -0.2) is 68.7 Å². The lowest BCUT2D eigenvalue weighted by Crippen LogP contribution is -2.56. The van der Waals surface area contributed by atoms with Crippen molar-refractivity contribution in [2.45, 2.75) is 19.4 Å². The second-order valence-corrected chi connectivity index (χ2v) is 7.59. The molecule has 2 saturated heterocycles. The lowest BCUT2D eigenvalue weighted by molar-refractivity contribution is -0.149. The molecule has 0 radical (unpaired) electrons. The first-order valence-electron chi connectivity index (χ1n) is 9.09. The van der Waals surface area contributed by atoms with Crippen molar-refractivity contribution in [3.05, 3.63) is 34.9 Å². The van der Waals surface area contributed by atoms with Gasteiger partial charge in [0.1, 0.15) is 0 Å². The monoisotopic (exact) mass is 437 g/mol. The van der Waals surface area contributed by atoms with E-state index in [1.807, 2.05) is 17.0 Å². The largest absolute Gasteiger partial charge is 0.384 e. The van der Waals surface area contributed by atoms with E-state index in [-0.39, 0.29) is 36.1 Å². The molecular formula is C19H30Cl3N3O2. The van der Waals surface area contributed by atoms with Crippen LogP contribution < -0.4 is 5.32 Å². The van der Waals surface area contributed by atoms with Crippen molar-refractivity contribution in [3.8, 4) is 0 Å². The third-order valence-electron chi connectivity index (χ3n) is 5.41. The van der Waals surface area contributed by atoms with Crippen LogP contribution in [0.3, 0.4) is 0 Å². The summed E-state index contributed by atoms with van der Waals surface area (Å²) >= 11 is 5.95. The van der Waals surface area contributed by atoms with Gasteiger partial charge in [0.15, 0.2) is 0 Å². The molecule has 2 aliphatic rings. The Bertz CT molecular complexity index is 567. The van der Waals surface area contributed by atoms with Gasteiger partial charge in [-0.05, 0) is 43.6 Å². The molecule has 0 unspecified atom stereocenters. The maximum atomic E-state index is 13.2. The number of hydrogen-bond acceptors (Lipinski definition) is 4. The average Bonchev–Trinajstić information content (AvgIpc) is 2.65. The molecule has 1 aromatic carbocycles. The molecule has 0 aromatic heterocycles. The molecule has 0 bridgehead atoms. The fraction of sp³-hybridized carbons (Fsp3) is 0.632. The molecular weight excluding hydrogens is 409 g/mol. The standard InChI is InChI=1S/C19H28ClN3O2.2ClH/c1-25-15-19(6-8-21-9-7-19)18(24)23-12-10-22(11-13-23)14-16-2-4-17(20)5-3-16;;/h2-5,21H,6-15H2,1H3;2*1H. The summed E-state index contributed by atoms with van der Waals surface area (Å²) in [5, 5.41) is 4.12. The van der Waals surface area contributed by atoms with Gasteiger partial charge in [-0.3, -0.25) is 9.69 Å². The number of carbonyl (C=O) groups is 1. The summed E-state index contributed by atoms with van der Waals surface area (Å²) in [5.41, 5.74) is 0.927. The van der Waals surface area contributed by atoms with Crippen molar-refractivity contribution in [1.82, 2.24) is 15.1 Å². The number of amides is 1. The second-order valence-electron chi connectivity index (χ2n) is 7.16. The first-order valence-corrected chi connectivity index (χ1v) is 9.47. The molecule has 1 amide bonds. The lowest BCUT2D eigenvalue weighted by atomic mass is 9.78. The number of ether oxygens (including phenoxy) is 1. The smallest absolute Gasteiger partial charge is 0.231 e. The molecule has 0 saturated carbocycles. The third kappa shape index (κ3) is 6.21. The normalized spacial score (nSPS) is 19.7. The van der Waals surface area contributed by atoms with Crippen LogP contribution in [0, 0.1) is 5.41 Å². The first kappa shape index (κ1) is 24.5. The van der Waals surface area contributed by atoms with E-state index in [4.69, 9.17) is 16.3 Å². The summed E-state index contributed by atoms with van der Waals surface area (Å²) in [5.74, 6) is 0.280. The van der Waals surface area contributed by atoms with Crippen LogP contribution in [0.4, 0.5) is 0 Å². The number of piperidine rings is 1. The lowest BCUT2D eigenvalue weighted by Gasteiger charge is -2.42. The maximum Gasteiger partial charge on any atom is 0.231 e. The van der Waals surface area contributed by atoms with E-state index in [9.17, 15) is 4.79 Å². The summed E-state index contributed by atoms with van der Waals surface area (Å²) in [6.07, 6.45) is 1.73. The Labute approximate surface area is 179 Å². The summed E-state index contributed by atoms with van der Waals surface area (Å²) in [6, 6.07) is 8.01. The Kier molecular flexibility index (Phi) is 10.4. The zero-order valence-corrected chi connectivity index (χ0v) is 18.2. The van der Waals surface area contributed by atoms with Crippen LogP contribution in [-0.2, 0) is 16.1 Å². The molecule has 8 heteroatoms. The van der Waals surface area contributed by atoms with E-state index >= 15 is 0 Å². The zero-order valence-electron chi connectivity index (χ0n) is 15.8. The summed E-state index contributed by atoms with van der Waals surface area (Å²) in [4.78, 5) is 17.6. The van der Waals surface area contributed by atoms with E-state index < -0.39 is 0 Å². The van der Waals surface area contributed by atoms with Crippen molar-refractivity contribution >= 4 is 42.3 Å². The van der Waals surface area contributed by atoms with Crippen LogP contribution in [0.15, 0.2) is 24.3 Å². The highest BCUT2D eigenvalue weighted by molar-refractivity contribution is 6.30. The van der Waals surface area contributed by atoms with Crippen LogP contribution >= 0.6 is 36.4 Å². The van der Waals surface area contributed by atoms with Crippen molar-refractivity contribution in [3.63, 3.8) is 0 Å². The minimum Gasteiger partial charge on any atom is -0.384 e.